The molecule has 0 unspecified atom stereocenters. The summed E-state index contributed by atoms with van der Waals surface area (Å²) in [6, 6.07) is 5.91. The fraction of sp³-hybridized carbons (Fsp3) is 0.0909. The first-order valence-corrected chi connectivity index (χ1v) is 5.51. The Morgan fingerprint density at radius 3 is 2.82 bits per heavy atom. The third-order valence-electron chi connectivity index (χ3n) is 2.84. The lowest BCUT2D eigenvalue weighted by atomic mass is 10.2. The van der Waals surface area contributed by atoms with Gasteiger partial charge in [-0.25, -0.2) is 0 Å². The van der Waals surface area contributed by atoms with E-state index in [0.717, 1.165) is 21.1 Å². The number of nitrogens with two attached hydrogens (primary N) is 1. The first-order valence-electron chi connectivity index (χ1n) is 5.10. The molecule has 2 heterocycles. The highest BCUT2D eigenvalue weighted by Crippen LogP contribution is 2.22. The van der Waals surface area contributed by atoms with Gasteiger partial charge in [0.25, 0.3) is 5.56 Å². The summed E-state index contributed by atoms with van der Waals surface area (Å²) in [4.78, 5) is 17.9. The zero-order chi connectivity index (χ0) is 12.2. The number of fused-ring (bicyclic) bond motifs is 3. The molecular formula is C11H10N4OS. The number of nitrogens with zero attached hydrogens (tertiary/aromatic N) is 1. The molecule has 0 aliphatic rings. The minimum atomic E-state index is -0.322. The summed E-state index contributed by atoms with van der Waals surface area (Å²) in [7, 11) is 0. The van der Waals surface area contributed by atoms with Crippen molar-refractivity contribution in [2.75, 3.05) is 5.84 Å². The van der Waals surface area contributed by atoms with Gasteiger partial charge in [-0.05, 0) is 31.3 Å². The van der Waals surface area contributed by atoms with Crippen LogP contribution in [0.25, 0.3) is 21.9 Å². The number of nitrogens with one attached hydrogen (secondary N) is 2. The minimum Gasteiger partial charge on any atom is -0.349 e. The molecule has 0 atom stereocenters. The van der Waals surface area contributed by atoms with Crippen LogP contribution in [0.4, 0.5) is 0 Å². The molecule has 1 aromatic carbocycles. The second kappa shape index (κ2) is 3.21. The number of hydrogen-bond donors (Lipinski definition) is 3. The minimum absolute atomic E-state index is 0.213. The van der Waals surface area contributed by atoms with Crippen molar-refractivity contribution in [2.24, 2.45) is 0 Å². The van der Waals surface area contributed by atoms with E-state index in [-0.39, 0.29) is 10.3 Å². The fourth-order valence-electron chi connectivity index (χ4n) is 1.98. The fourth-order valence-corrected chi connectivity index (χ4v) is 2.16. The van der Waals surface area contributed by atoms with Crippen LogP contribution in [-0.4, -0.2) is 14.6 Å². The van der Waals surface area contributed by atoms with Gasteiger partial charge in [0.05, 0.1) is 5.52 Å². The lowest BCUT2D eigenvalue weighted by molar-refractivity contribution is 0.890. The Bertz CT molecular complexity index is 855. The van der Waals surface area contributed by atoms with E-state index in [1.165, 1.54) is 0 Å². The molecule has 0 fully saturated rings. The Kier molecular flexibility index (Phi) is 1.90. The van der Waals surface area contributed by atoms with E-state index in [9.17, 15) is 4.79 Å². The van der Waals surface area contributed by atoms with Gasteiger partial charge in [-0.15, -0.1) is 0 Å². The number of aryl methyl sites for hydroxylation is 1. The molecule has 0 saturated heterocycles. The molecular weight excluding hydrogens is 236 g/mol. The SMILES string of the molecule is Cc1ccc2[nH]c3c(=O)n(N)c(=S)[nH]c3c2c1. The zero-order valence-electron chi connectivity index (χ0n) is 9.07. The van der Waals surface area contributed by atoms with Crippen LogP contribution in [0.15, 0.2) is 23.0 Å². The van der Waals surface area contributed by atoms with E-state index >= 15 is 0 Å². The lowest BCUT2D eigenvalue weighted by Gasteiger charge is -1.98. The van der Waals surface area contributed by atoms with Crippen molar-refractivity contribution in [1.29, 1.82) is 0 Å². The van der Waals surface area contributed by atoms with Crippen molar-refractivity contribution in [3.05, 3.63) is 38.9 Å². The van der Waals surface area contributed by atoms with Crippen LogP contribution >= 0.6 is 12.2 Å². The van der Waals surface area contributed by atoms with Gasteiger partial charge in [0.2, 0.25) is 0 Å². The molecule has 0 spiro atoms. The maximum Gasteiger partial charge on any atom is 0.297 e. The lowest BCUT2D eigenvalue weighted by Crippen LogP contribution is -2.28. The Hall–Kier alpha value is -2.08. The maximum atomic E-state index is 11.9. The number of aromatic nitrogens is 3. The van der Waals surface area contributed by atoms with E-state index in [1.54, 1.807) is 0 Å². The maximum absolute atomic E-state index is 11.9. The summed E-state index contributed by atoms with van der Waals surface area (Å²) in [5, 5.41) is 0.948. The molecule has 6 heteroatoms. The van der Waals surface area contributed by atoms with Gasteiger partial charge >= 0.3 is 0 Å². The highest BCUT2D eigenvalue weighted by atomic mass is 32.1. The molecule has 17 heavy (non-hydrogen) atoms. The zero-order valence-corrected chi connectivity index (χ0v) is 9.89. The van der Waals surface area contributed by atoms with Gasteiger partial charge in [-0.1, -0.05) is 11.6 Å². The van der Waals surface area contributed by atoms with Crippen LogP contribution in [0.1, 0.15) is 5.56 Å². The summed E-state index contributed by atoms with van der Waals surface area (Å²) in [5.74, 6) is 5.55. The average Bonchev–Trinajstić information content (AvgIpc) is 2.65. The summed E-state index contributed by atoms with van der Waals surface area (Å²) in [6.07, 6.45) is 0. The Balaban J connectivity index is 2.67. The van der Waals surface area contributed by atoms with Crippen LogP contribution < -0.4 is 11.4 Å². The van der Waals surface area contributed by atoms with Crippen molar-refractivity contribution >= 4 is 34.2 Å². The monoisotopic (exact) mass is 246 g/mol. The van der Waals surface area contributed by atoms with Crippen LogP contribution in [-0.2, 0) is 0 Å². The average molecular weight is 246 g/mol. The van der Waals surface area contributed by atoms with Gasteiger partial charge in [-0.3, -0.25) is 4.79 Å². The summed E-state index contributed by atoms with van der Waals surface area (Å²) in [5.41, 5.74) is 2.84. The number of H-pyrrole nitrogens is 2. The molecule has 3 aromatic rings. The molecule has 0 aliphatic heterocycles. The number of rotatable bonds is 0. The predicted molar refractivity (Wildman–Crippen MR) is 70.1 cm³/mol. The highest BCUT2D eigenvalue weighted by Gasteiger charge is 2.09. The number of aromatic amines is 2. The predicted octanol–water partition coefficient (Wildman–Crippen LogP) is 1.56. The molecule has 0 radical (unpaired) electrons. The Labute approximate surface area is 101 Å². The highest BCUT2D eigenvalue weighted by molar-refractivity contribution is 7.71. The standard InChI is InChI=1S/C11H10N4OS/c1-5-2-3-7-6(4-5)8-9(13-7)10(16)15(12)11(17)14-8/h2-4,13H,12H2,1H3,(H,14,17). The second-order valence-electron chi connectivity index (χ2n) is 4.03. The number of hydrogen-bond acceptors (Lipinski definition) is 3. The van der Waals surface area contributed by atoms with E-state index in [4.69, 9.17) is 18.1 Å². The molecule has 5 nitrogen and oxygen atoms in total. The topological polar surface area (TPSA) is 79.6 Å². The Morgan fingerprint density at radius 1 is 1.29 bits per heavy atom. The van der Waals surface area contributed by atoms with Crippen LogP contribution in [0, 0.1) is 11.7 Å². The summed E-state index contributed by atoms with van der Waals surface area (Å²) in [6.45, 7) is 2.00. The second-order valence-corrected chi connectivity index (χ2v) is 4.42. The van der Waals surface area contributed by atoms with Gasteiger partial charge in [0.1, 0.15) is 5.52 Å². The van der Waals surface area contributed by atoms with E-state index < -0.39 is 0 Å². The largest absolute Gasteiger partial charge is 0.349 e. The molecule has 4 N–H and O–H groups in total. The molecule has 0 amide bonds. The van der Waals surface area contributed by atoms with Crippen molar-refractivity contribution < 1.29 is 0 Å². The quantitative estimate of drug-likeness (QED) is 0.416. The van der Waals surface area contributed by atoms with Gasteiger partial charge in [0, 0.05) is 10.9 Å². The van der Waals surface area contributed by atoms with Crippen LogP contribution in [0.5, 0.6) is 0 Å². The smallest absolute Gasteiger partial charge is 0.297 e. The molecule has 0 saturated carbocycles. The summed E-state index contributed by atoms with van der Waals surface area (Å²) >= 11 is 5.00. The summed E-state index contributed by atoms with van der Waals surface area (Å²) < 4.78 is 1.14. The van der Waals surface area contributed by atoms with Gasteiger partial charge in [-0.2, -0.15) is 4.68 Å². The Morgan fingerprint density at radius 2 is 2.06 bits per heavy atom. The van der Waals surface area contributed by atoms with E-state index in [1.807, 2.05) is 25.1 Å². The molecule has 0 aliphatic carbocycles. The van der Waals surface area contributed by atoms with Crippen molar-refractivity contribution in [1.82, 2.24) is 14.6 Å². The van der Waals surface area contributed by atoms with Crippen LogP contribution in [0.3, 0.4) is 0 Å². The van der Waals surface area contributed by atoms with Crippen molar-refractivity contribution in [3.8, 4) is 0 Å². The van der Waals surface area contributed by atoms with E-state index in [0.29, 0.717) is 11.0 Å². The molecule has 0 bridgehead atoms. The van der Waals surface area contributed by atoms with Crippen molar-refractivity contribution in [3.63, 3.8) is 0 Å². The molecule has 2 aromatic heterocycles. The van der Waals surface area contributed by atoms with Crippen LogP contribution in [0.2, 0.25) is 0 Å². The van der Waals surface area contributed by atoms with Crippen molar-refractivity contribution in [2.45, 2.75) is 6.92 Å². The number of nitrogen functional groups attached to an aromatic ring is 1. The van der Waals surface area contributed by atoms with Gasteiger partial charge < -0.3 is 15.8 Å². The van der Waals surface area contributed by atoms with Gasteiger partial charge in [0.15, 0.2) is 4.77 Å². The third kappa shape index (κ3) is 1.31. The normalized spacial score (nSPS) is 11.4. The molecule has 3 rings (SSSR count). The third-order valence-corrected chi connectivity index (χ3v) is 3.14. The first kappa shape index (κ1) is 10.1. The first-order chi connectivity index (χ1) is 8.08. The number of benzene rings is 1. The van der Waals surface area contributed by atoms with E-state index in [2.05, 4.69) is 9.97 Å². The molecule has 86 valence electrons.